The molecular weight excluding hydrogens is 502 g/mol. The normalized spacial score (nSPS) is 30.1. The molecule has 0 aromatic heterocycles. The minimum absolute atomic E-state index is 0.0863. The monoisotopic (exact) mass is 540 g/mol. The predicted octanol–water partition coefficient (Wildman–Crippen LogP) is -2.52. The van der Waals surface area contributed by atoms with Crippen molar-refractivity contribution in [2.45, 2.75) is 93.6 Å². The number of hydrogen-bond acceptors (Lipinski definition) is 10. The highest BCUT2D eigenvalue weighted by atomic mass is 19.3. The molecule has 2 fully saturated rings. The highest BCUT2D eigenvalue weighted by Crippen LogP contribution is 2.39. The summed E-state index contributed by atoms with van der Waals surface area (Å²) in [6, 6.07) is -2.83. The van der Waals surface area contributed by atoms with Crippen LogP contribution in [0.5, 0.6) is 0 Å². The van der Waals surface area contributed by atoms with Crippen molar-refractivity contribution >= 4 is 17.8 Å². The number of nitrogens with zero attached hydrogens (tertiary/aromatic N) is 1. The number of hydrogen-bond donors (Lipinski definition) is 8. The van der Waals surface area contributed by atoms with E-state index >= 15 is 0 Å². The molecule has 2 aliphatic heterocycles. The molecule has 0 radical (unpaired) electrons. The zero-order chi connectivity index (χ0) is 28.0. The van der Waals surface area contributed by atoms with E-state index in [-0.39, 0.29) is 13.0 Å². The second kappa shape index (κ2) is 13.2. The number of halogens is 2. The summed E-state index contributed by atoms with van der Waals surface area (Å²) in [6.45, 7) is -0.152. The number of alkyl halides is 2. The van der Waals surface area contributed by atoms with E-state index in [1.165, 1.54) is 11.8 Å². The number of aliphatic carboxylic acids is 1. The first-order valence-electron chi connectivity index (χ1n) is 12.3. The molecule has 0 aromatic carbocycles. The molecule has 2 amide bonds. The van der Waals surface area contributed by atoms with Crippen LogP contribution in [0.1, 0.15) is 45.4 Å². The van der Waals surface area contributed by atoms with Crippen LogP contribution in [-0.4, -0.2) is 123 Å². The number of carbonyl (C=O) groups is 3. The molecule has 2 rings (SSSR count). The van der Waals surface area contributed by atoms with Gasteiger partial charge in [0.2, 0.25) is 17.6 Å². The SMILES string of the molecule is C[C@H](NC(=O)C1CCCN1C(=O)C(N)CCCCNCC(F)(F)C1(O)CC(O)C(O)C(CO)O1)C(=O)O. The van der Waals surface area contributed by atoms with Crippen LogP contribution in [0.25, 0.3) is 0 Å². The maximum Gasteiger partial charge on any atom is 0.325 e. The highest BCUT2D eigenvalue weighted by Gasteiger charge is 2.59. The number of carboxylic acid groups (broad SMARTS) is 1. The van der Waals surface area contributed by atoms with Gasteiger partial charge in [0.05, 0.1) is 25.3 Å². The lowest BCUT2D eigenvalue weighted by molar-refractivity contribution is -0.375. The number of nitrogens with one attached hydrogen (secondary N) is 2. The Bertz CT molecular complexity index is 808. The number of aliphatic hydroxyl groups excluding tert-OH is 3. The molecule has 7 atom stereocenters. The zero-order valence-corrected chi connectivity index (χ0v) is 20.7. The van der Waals surface area contributed by atoms with Crippen molar-refractivity contribution in [2.24, 2.45) is 5.73 Å². The van der Waals surface area contributed by atoms with Crippen LogP contribution in [0.2, 0.25) is 0 Å². The Kier molecular flexibility index (Phi) is 11.1. The Morgan fingerprint density at radius 3 is 2.57 bits per heavy atom. The summed E-state index contributed by atoms with van der Waals surface area (Å²) in [5, 5.41) is 52.6. The van der Waals surface area contributed by atoms with Crippen molar-refractivity contribution in [3.05, 3.63) is 0 Å². The largest absolute Gasteiger partial charge is 0.480 e. The number of amides is 2. The number of unbranched alkanes of at least 4 members (excludes halogenated alkanes) is 1. The van der Waals surface area contributed by atoms with Crippen molar-refractivity contribution < 1.29 is 53.4 Å². The topological polar surface area (TPSA) is 215 Å². The van der Waals surface area contributed by atoms with Gasteiger partial charge in [0.15, 0.2) is 0 Å². The van der Waals surface area contributed by atoms with Gasteiger partial charge in [0.25, 0.3) is 0 Å². The van der Waals surface area contributed by atoms with Crippen LogP contribution < -0.4 is 16.4 Å². The van der Waals surface area contributed by atoms with E-state index in [0.717, 1.165) is 0 Å². The first-order valence-corrected chi connectivity index (χ1v) is 12.3. The second-order valence-corrected chi connectivity index (χ2v) is 9.63. The fourth-order valence-corrected chi connectivity index (χ4v) is 4.41. The predicted molar refractivity (Wildman–Crippen MR) is 123 cm³/mol. The number of likely N-dealkylation sites (tertiary alicyclic amines) is 1. The number of carbonyl (C=O) groups excluding carboxylic acids is 2. The lowest BCUT2D eigenvalue weighted by Crippen LogP contribution is -2.65. The van der Waals surface area contributed by atoms with Crippen molar-refractivity contribution in [1.29, 1.82) is 0 Å². The lowest BCUT2D eigenvalue weighted by Gasteiger charge is -2.45. The van der Waals surface area contributed by atoms with Gasteiger partial charge < -0.3 is 51.5 Å². The van der Waals surface area contributed by atoms with Gasteiger partial charge in [0, 0.05) is 13.0 Å². The third-order valence-electron chi connectivity index (χ3n) is 6.71. The van der Waals surface area contributed by atoms with Gasteiger partial charge in [0.1, 0.15) is 24.3 Å². The van der Waals surface area contributed by atoms with Crippen LogP contribution in [0.3, 0.4) is 0 Å². The molecule has 0 spiro atoms. The number of nitrogens with two attached hydrogens (primary N) is 1. The van der Waals surface area contributed by atoms with E-state index < -0.39 is 85.5 Å². The maximum absolute atomic E-state index is 14.6. The average molecular weight is 541 g/mol. The molecule has 15 heteroatoms. The van der Waals surface area contributed by atoms with Gasteiger partial charge in [-0.2, -0.15) is 8.78 Å². The summed E-state index contributed by atoms with van der Waals surface area (Å²) in [6.07, 6.45) is -3.89. The van der Waals surface area contributed by atoms with Crippen molar-refractivity contribution in [2.75, 3.05) is 26.2 Å². The first-order chi connectivity index (χ1) is 17.2. The second-order valence-electron chi connectivity index (χ2n) is 9.63. The van der Waals surface area contributed by atoms with Crippen molar-refractivity contribution in [3.63, 3.8) is 0 Å². The molecule has 9 N–H and O–H groups in total. The summed E-state index contributed by atoms with van der Waals surface area (Å²) in [4.78, 5) is 37.4. The molecule has 6 unspecified atom stereocenters. The number of ether oxygens (including phenoxy) is 1. The Morgan fingerprint density at radius 1 is 1.27 bits per heavy atom. The summed E-state index contributed by atoms with van der Waals surface area (Å²) in [5.41, 5.74) is 5.99. The van der Waals surface area contributed by atoms with Crippen molar-refractivity contribution in [3.8, 4) is 0 Å². The van der Waals surface area contributed by atoms with Gasteiger partial charge in [-0.25, -0.2) is 0 Å². The maximum atomic E-state index is 14.6. The minimum Gasteiger partial charge on any atom is -0.480 e. The minimum atomic E-state index is -3.85. The summed E-state index contributed by atoms with van der Waals surface area (Å²) < 4.78 is 34.0. The molecule has 0 aliphatic carbocycles. The van der Waals surface area contributed by atoms with Crippen molar-refractivity contribution in [1.82, 2.24) is 15.5 Å². The van der Waals surface area contributed by atoms with E-state index in [4.69, 9.17) is 20.7 Å². The van der Waals surface area contributed by atoms with E-state index in [0.29, 0.717) is 32.2 Å². The Labute approximate surface area is 212 Å². The molecular formula is C22H38F2N4O9. The Balaban J connectivity index is 1.75. The average Bonchev–Trinajstić information content (AvgIpc) is 3.32. The molecule has 0 bridgehead atoms. The van der Waals surface area contributed by atoms with Crippen LogP contribution in [0, 0.1) is 0 Å². The molecule has 2 heterocycles. The first kappa shape index (κ1) is 31.2. The standard InChI is InChI=1S/C22H38F2N4O9/c1-12(20(34)35)27-18(32)14-6-4-8-28(14)19(33)13(25)5-2-3-7-26-11-21(23,24)22(36)9-15(30)17(31)16(10-29)37-22/h12-17,26,29-31,36H,2-11,25H2,1H3,(H,27,32)(H,34,35)/t12-,13?,14?,15?,16?,17?,22?/m0/s1. The van der Waals surface area contributed by atoms with Gasteiger partial charge in [-0.15, -0.1) is 0 Å². The molecule has 2 aliphatic rings. The summed E-state index contributed by atoms with van der Waals surface area (Å²) in [5.74, 6) is -9.14. The number of rotatable bonds is 13. The third kappa shape index (κ3) is 7.75. The molecule has 2 saturated heterocycles. The molecule has 0 aromatic rings. The van der Waals surface area contributed by atoms with Gasteiger partial charge >= 0.3 is 11.9 Å². The number of carboxylic acids is 1. The molecule has 13 nitrogen and oxygen atoms in total. The third-order valence-corrected chi connectivity index (χ3v) is 6.71. The van der Waals surface area contributed by atoms with E-state index in [1.807, 2.05) is 0 Å². The van der Waals surface area contributed by atoms with Crippen LogP contribution in [-0.2, 0) is 19.1 Å². The van der Waals surface area contributed by atoms with Gasteiger partial charge in [-0.05, 0) is 39.2 Å². The molecule has 37 heavy (non-hydrogen) atoms. The summed E-state index contributed by atoms with van der Waals surface area (Å²) in [7, 11) is 0. The Hall–Kier alpha value is -2.01. The molecule has 214 valence electrons. The fourth-order valence-electron chi connectivity index (χ4n) is 4.41. The summed E-state index contributed by atoms with van der Waals surface area (Å²) >= 11 is 0. The van der Waals surface area contributed by atoms with E-state index in [1.54, 1.807) is 0 Å². The van der Waals surface area contributed by atoms with Gasteiger partial charge in [-0.3, -0.25) is 14.4 Å². The lowest BCUT2D eigenvalue weighted by atomic mass is 9.91. The van der Waals surface area contributed by atoms with Crippen LogP contribution in [0.4, 0.5) is 8.78 Å². The van der Waals surface area contributed by atoms with Crippen LogP contribution >= 0.6 is 0 Å². The highest BCUT2D eigenvalue weighted by molar-refractivity contribution is 5.92. The zero-order valence-electron chi connectivity index (χ0n) is 20.7. The smallest absolute Gasteiger partial charge is 0.325 e. The number of aliphatic hydroxyl groups is 4. The Morgan fingerprint density at radius 2 is 1.95 bits per heavy atom. The molecule has 0 saturated carbocycles. The fraction of sp³-hybridized carbons (Fsp3) is 0.864. The quantitative estimate of drug-likeness (QED) is 0.114. The van der Waals surface area contributed by atoms with Gasteiger partial charge in [-0.1, -0.05) is 6.42 Å². The van der Waals surface area contributed by atoms with E-state index in [9.17, 15) is 38.5 Å². The van der Waals surface area contributed by atoms with Crippen LogP contribution in [0.15, 0.2) is 0 Å². The van der Waals surface area contributed by atoms with E-state index in [2.05, 4.69) is 10.6 Å².